The molecule has 2 heterocycles. The van der Waals surface area contributed by atoms with E-state index in [0.29, 0.717) is 6.61 Å². The van der Waals surface area contributed by atoms with E-state index in [1.165, 1.54) is 0 Å². The van der Waals surface area contributed by atoms with Gasteiger partial charge in [0.1, 0.15) is 43.4 Å². The fourth-order valence-electron chi connectivity index (χ4n) is 2.41. The maximum absolute atomic E-state index is 9.85. The van der Waals surface area contributed by atoms with E-state index in [1.54, 1.807) is 0 Å². The SMILES string of the molecule is CC(C)OC[C@H]1OCC(O)[C@H]1OCOC[C@H]1OCC(O)[C@H]1O. The average molecular weight is 322 g/mol. The van der Waals surface area contributed by atoms with Crippen LogP contribution in [0.5, 0.6) is 0 Å². The second kappa shape index (κ2) is 8.51. The zero-order chi connectivity index (χ0) is 16.1. The molecule has 2 unspecified atom stereocenters. The fraction of sp³-hybridized carbons (Fsp3) is 1.00. The molecular formula is C14H26O8. The number of ether oxygens (including phenoxy) is 5. The largest absolute Gasteiger partial charge is 0.388 e. The van der Waals surface area contributed by atoms with Gasteiger partial charge in [0.05, 0.1) is 32.5 Å². The quantitative estimate of drug-likeness (QED) is 0.372. The van der Waals surface area contributed by atoms with Crippen LogP contribution in [-0.2, 0) is 23.7 Å². The molecule has 8 heteroatoms. The van der Waals surface area contributed by atoms with Crippen molar-refractivity contribution < 1.29 is 39.0 Å². The lowest BCUT2D eigenvalue weighted by atomic mass is 10.1. The molecule has 0 spiro atoms. The number of hydrogen-bond acceptors (Lipinski definition) is 8. The van der Waals surface area contributed by atoms with E-state index < -0.39 is 30.5 Å². The van der Waals surface area contributed by atoms with Crippen LogP contribution < -0.4 is 0 Å². The first-order chi connectivity index (χ1) is 10.5. The first-order valence-electron chi connectivity index (χ1n) is 7.57. The van der Waals surface area contributed by atoms with E-state index in [0.717, 1.165) is 0 Å². The molecule has 0 aromatic rings. The Labute approximate surface area is 129 Å². The monoisotopic (exact) mass is 322 g/mol. The van der Waals surface area contributed by atoms with Gasteiger partial charge in [-0.3, -0.25) is 0 Å². The summed E-state index contributed by atoms with van der Waals surface area (Å²) in [5, 5.41) is 28.8. The molecule has 2 aliphatic heterocycles. The Kier molecular flexibility index (Phi) is 6.97. The van der Waals surface area contributed by atoms with Crippen molar-refractivity contribution in [3.05, 3.63) is 0 Å². The molecule has 0 aromatic heterocycles. The summed E-state index contributed by atoms with van der Waals surface area (Å²) in [6, 6.07) is 0. The molecule has 2 rings (SSSR count). The molecule has 0 radical (unpaired) electrons. The summed E-state index contributed by atoms with van der Waals surface area (Å²) in [7, 11) is 0. The number of aliphatic hydroxyl groups excluding tert-OH is 3. The minimum Gasteiger partial charge on any atom is -0.388 e. The predicted molar refractivity (Wildman–Crippen MR) is 74.3 cm³/mol. The van der Waals surface area contributed by atoms with Gasteiger partial charge in [0.2, 0.25) is 0 Å². The van der Waals surface area contributed by atoms with E-state index in [-0.39, 0.29) is 38.8 Å². The molecule has 0 amide bonds. The summed E-state index contributed by atoms with van der Waals surface area (Å²) in [6.45, 7) is 4.53. The molecule has 2 saturated heterocycles. The summed E-state index contributed by atoms with van der Waals surface area (Å²) in [4.78, 5) is 0. The standard InChI is InChI=1S/C14H26O8/c1-8(2)19-6-12-14(10(16)4-21-12)22-7-18-5-11-13(17)9(15)3-20-11/h8-17H,3-7H2,1-2H3/t9?,10?,11-,12-,13-,14-/m1/s1. The Bertz CT molecular complexity index is 326. The van der Waals surface area contributed by atoms with E-state index in [9.17, 15) is 15.3 Å². The van der Waals surface area contributed by atoms with E-state index in [4.69, 9.17) is 23.7 Å². The molecule has 0 aliphatic carbocycles. The molecule has 8 nitrogen and oxygen atoms in total. The predicted octanol–water partition coefficient (Wildman–Crippen LogP) is -1.35. The van der Waals surface area contributed by atoms with Crippen LogP contribution >= 0.6 is 0 Å². The fourth-order valence-corrected chi connectivity index (χ4v) is 2.41. The van der Waals surface area contributed by atoms with Crippen LogP contribution in [0.25, 0.3) is 0 Å². The first-order valence-corrected chi connectivity index (χ1v) is 7.57. The Morgan fingerprint density at radius 1 is 1.00 bits per heavy atom. The smallest absolute Gasteiger partial charge is 0.147 e. The minimum absolute atomic E-state index is 0.0636. The molecule has 130 valence electrons. The lowest BCUT2D eigenvalue weighted by Crippen LogP contribution is -2.38. The van der Waals surface area contributed by atoms with E-state index in [2.05, 4.69) is 0 Å². The molecule has 0 aromatic carbocycles. The van der Waals surface area contributed by atoms with Crippen molar-refractivity contribution in [2.24, 2.45) is 0 Å². The highest BCUT2D eigenvalue weighted by molar-refractivity contribution is 4.85. The van der Waals surface area contributed by atoms with Gasteiger partial charge < -0.3 is 39.0 Å². The molecule has 0 bridgehead atoms. The molecule has 22 heavy (non-hydrogen) atoms. The van der Waals surface area contributed by atoms with Crippen LogP contribution in [0.2, 0.25) is 0 Å². The van der Waals surface area contributed by atoms with Crippen LogP contribution in [0, 0.1) is 0 Å². The number of hydrogen-bond donors (Lipinski definition) is 3. The second-order valence-electron chi connectivity index (χ2n) is 5.87. The van der Waals surface area contributed by atoms with Crippen LogP contribution in [0.15, 0.2) is 0 Å². The van der Waals surface area contributed by atoms with Gasteiger partial charge in [-0.25, -0.2) is 0 Å². The van der Waals surface area contributed by atoms with Crippen LogP contribution in [-0.4, -0.2) is 91.3 Å². The van der Waals surface area contributed by atoms with Crippen molar-refractivity contribution in [3.8, 4) is 0 Å². The van der Waals surface area contributed by atoms with Crippen molar-refractivity contribution in [2.75, 3.05) is 33.2 Å². The zero-order valence-corrected chi connectivity index (χ0v) is 13.0. The first kappa shape index (κ1) is 18.0. The highest BCUT2D eigenvalue weighted by Gasteiger charge is 2.38. The summed E-state index contributed by atoms with van der Waals surface area (Å²) < 4.78 is 26.9. The summed E-state index contributed by atoms with van der Waals surface area (Å²) in [5.41, 5.74) is 0. The van der Waals surface area contributed by atoms with Crippen LogP contribution in [0.1, 0.15) is 13.8 Å². The third-order valence-corrected chi connectivity index (χ3v) is 3.70. The molecule has 3 N–H and O–H groups in total. The third kappa shape index (κ3) is 4.84. The van der Waals surface area contributed by atoms with Gasteiger partial charge in [-0.2, -0.15) is 0 Å². The Morgan fingerprint density at radius 2 is 1.68 bits per heavy atom. The van der Waals surface area contributed by atoms with Gasteiger partial charge in [-0.1, -0.05) is 0 Å². The maximum atomic E-state index is 9.85. The van der Waals surface area contributed by atoms with E-state index in [1.807, 2.05) is 13.8 Å². The van der Waals surface area contributed by atoms with Crippen molar-refractivity contribution >= 4 is 0 Å². The average Bonchev–Trinajstić information content (AvgIpc) is 2.98. The van der Waals surface area contributed by atoms with Gasteiger partial charge in [0.25, 0.3) is 0 Å². The Hall–Kier alpha value is -0.320. The van der Waals surface area contributed by atoms with Crippen LogP contribution in [0.3, 0.4) is 0 Å². The van der Waals surface area contributed by atoms with Crippen molar-refractivity contribution in [1.29, 1.82) is 0 Å². The lowest BCUT2D eigenvalue weighted by molar-refractivity contribution is -0.151. The molecule has 0 saturated carbocycles. The minimum atomic E-state index is -0.951. The third-order valence-electron chi connectivity index (χ3n) is 3.70. The summed E-state index contributed by atoms with van der Waals surface area (Å²) in [6.07, 6.45) is -3.90. The number of rotatable bonds is 8. The van der Waals surface area contributed by atoms with Crippen molar-refractivity contribution in [1.82, 2.24) is 0 Å². The molecule has 2 aliphatic rings. The molecule has 6 atom stereocenters. The highest BCUT2D eigenvalue weighted by Crippen LogP contribution is 2.19. The Balaban J connectivity index is 1.66. The highest BCUT2D eigenvalue weighted by atomic mass is 16.7. The van der Waals surface area contributed by atoms with Gasteiger partial charge >= 0.3 is 0 Å². The zero-order valence-electron chi connectivity index (χ0n) is 13.0. The lowest BCUT2D eigenvalue weighted by Gasteiger charge is -2.22. The summed E-state index contributed by atoms with van der Waals surface area (Å²) >= 11 is 0. The summed E-state index contributed by atoms with van der Waals surface area (Å²) in [5.74, 6) is 0. The maximum Gasteiger partial charge on any atom is 0.147 e. The van der Waals surface area contributed by atoms with Gasteiger partial charge in [-0.15, -0.1) is 0 Å². The normalized spacial score (nSPS) is 39.0. The molecule has 2 fully saturated rings. The second-order valence-corrected chi connectivity index (χ2v) is 5.87. The number of aliphatic hydroxyl groups is 3. The topological polar surface area (TPSA) is 107 Å². The van der Waals surface area contributed by atoms with Gasteiger partial charge in [0.15, 0.2) is 0 Å². The van der Waals surface area contributed by atoms with Crippen LogP contribution in [0.4, 0.5) is 0 Å². The van der Waals surface area contributed by atoms with Crippen molar-refractivity contribution in [3.63, 3.8) is 0 Å². The Morgan fingerprint density at radius 3 is 2.32 bits per heavy atom. The van der Waals surface area contributed by atoms with E-state index >= 15 is 0 Å². The molecular weight excluding hydrogens is 296 g/mol. The van der Waals surface area contributed by atoms with Crippen molar-refractivity contribution in [2.45, 2.75) is 56.6 Å². The van der Waals surface area contributed by atoms with Gasteiger partial charge in [0, 0.05) is 0 Å². The van der Waals surface area contributed by atoms with Gasteiger partial charge in [-0.05, 0) is 13.8 Å².